The summed E-state index contributed by atoms with van der Waals surface area (Å²) in [7, 11) is 0. The second kappa shape index (κ2) is 13.6. The minimum atomic E-state index is -0.123. The van der Waals surface area contributed by atoms with Crippen LogP contribution in [0.2, 0.25) is 0 Å². The Kier molecular flexibility index (Phi) is 10.5. The third-order valence-corrected chi connectivity index (χ3v) is 7.92. The second-order valence-electron chi connectivity index (χ2n) is 7.17. The minimum absolute atomic E-state index is 0.0501. The molecule has 5 nitrogen and oxygen atoms in total. The van der Waals surface area contributed by atoms with Crippen molar-refractivity contribution in [2.24, 2.45) is 5.11 Å². The van der Waals surface area contributed by atoms with Gasteiger partial charge in [0, 0.05) is 11.5 Å². The van der Waals surface area contributed by atoms with E-state index in [1.54, 1.807) is 0 Å². The van der Waals surface area contributed by atoms with Crippen molar-refractivity contribution in [1.82, 2.24) is 0 Å². The van der Waals surface area contributed by atoms with Crippen molar-refractivity contribution in [3.8, 4) is 0 Å². The molecule has 0 N–H and O–H groups in total. The van der Waals surface area contributed by atoms with E-state index < -0.39 is 0 Å². The molecule has 1 aliphatic heterocycles. The number of hydrogen-bond acceptors (Lipinski definition) is 5. The van der Waals surface area contributed by atoms with E-state index in [2.05, 4.69) is 34.3 Å². The van der Waals surface area contributed by atoms with Crippen LogP contribution in [0.15, 0.2) is 65.8 Å². The molecule has 0 amide bonds. The number of hydrogen-bond donors (Lipinski definition) is 0. The fourth-order valence-electron chi connectivity index (χ4n) is 3.35. The van der Waals surface area contributed by atoms with Gasteiger partial charge in [0.1, 0.15) is 0 Å². The van der Waals surface area contributed by atoms with Crippen molar-refractivity contribution in [3.63, 3.8) is 0 Å². The van der Waals surface area contributed by atoms with Crippen LogP contribution in [0.4, 0.5) is 0 Å². The third kappa shape index (κ3) is 8.25. The van der Waals surface area contributed by atoms with E-state index in [1.807, 2.05) is 59.9 Å². The van der Waals surface area contributed by atoms with Crippen LogP contribution in [0.25, 0.3) is 10.4 Å². The molecule has 2 aromatic carbocycles. The van der Waals surface area contributed by atoms with Crippen LogP contribution in [0.3, 0.4) is 0 Å². The van der Waals surface area contributed by atoms with Crippen LogP contribution in [0.5, 0.6) is 0 Å². The van der Waals surface area contributed by atoms with Crippen molar-refractivity contribution in [3.05, 3.63) is 82.2 Å². The van der Waals surface area contributed by atoms with Crippen molar-refractivity contribution in [1.29, 1.82) is 0 Å². The summed E-state index contributed by atoms with van der Waals surface area (Å²) in [6, 6.07) is 20.4. The normalized spacial score (nSPS) is 16.5. The Balaban J connectivity index is 1.69. The molecule has 160 valence electrons. The van der Waals surface area contributed by atoms with Crippen LogP contribution in [-0.2, 0) is 22.7 Å². The molecule has 0 radical (unpaired) electrons. The predicted octanol–water partition coefficient (Wildman–Crippen LogP) is 6.44. The first-order valence-corrected chi connectivity index (χ1v) is 12.5. The first-order valence-electron chi connectivity index (χ1n) is 10.4. The summed E-state index contributed by atoms with van der Waals surface area (Å²) in [5, 5.41) is 3.75. The predicted molar refractivity (Wildman–Crippen MR) is 127 cm³/mol. The number of rotatable bonds is 12. The lowest BCUT2D eigenvalue weighted by Gasteiger charge is -2.31. The summed E-state index contributed by atoms with van der Waals surface area (Å²) >= 11 is 4.04. The molecule has 1 fully saturated rings. The average molecular weight is 444 g/mol. The van der Waals surface area contributed by atoms with E-state index in [1.165, 1.54) is 17.9 Å². The van der Waals surface area contributed by atoms with Crippen molar-refractivity contribution < 1.29 is 9.47 Å². The molecule has 1 aliphatic rings. The van der Waals surface area contributed by atoms with E-state index in [4.69, 9.17) is 15.0 Å². The van der Waals surface area contributed by atoms with Crippen molar-refractivity contribution in [2.45, 2.75) is 49.3 Å². The maximum Gasteiger partial charge on any atom is 0.0860 e. The quantitative estimate of drug-likeness (QED) is 0.215. The molecule has 2 atom stereocenters. The number of ether oxygens (including phenoxy) is 2. The molecule has 0 spiro atoms. The maximum absolute atomic E-state index is 8.72. The molecule has 1 saturated heterocycles. The maximum atomic E-state index is 8.72. The molecule has 0 saturated carbocycles. The Bertz CT molecular complexity index is 767. The van der Waals surface area contributed by atoms with Gasteiger partial charge < -0.3 is 9.47 Å². The fraction of sp³-hybridized carbons (Fsp3) is 0.478. The Morgan fingerprint density at radius 2 is 1.47 bits per heavy atom. The van der Waals surface area contributed by atoms with Crippen LogP contribution in [-0.4, -0.2) is 34.8 Å². The topological polar surface area (TPSA) is 67.2 Å². The van der Waals surface area contributed by atoms with Gasteiger partial charge in [0.05, 0.1) is 30.0 Å². The van der Waals surface area contributed by atoms with Gasteiger partial charge in [-0.2, -0.15) is 0 Å². The Morgan fingerprint density at radius 1 is 0.900 bits per heavy atom. The van der Waals surface area contributed by atoms with Gasteiger partial charge in [-0.1, -0.05) is 65.8 Å². The molecule has 0 aromatic heterocycles. The molecule has 0 aliphatic carbocycles. The highest BCUT2D eigenvalue weighted by Gasteiger charge is 2.28. The highest BCUT2D eigenvalue weighted by Crippen LogP contribution is 2.35. The molecular weight excluding hydrogens is 414 g/mol. The molecule has 30 heavy (non-hydrogen) atoms. The van der Waals surface area contributed by atoms with Crippen LogP contribution in [0, 0.1) is 0 Å². The standard InChI is InChI=1S/C23H29N3O2S2/c24-26-25-13-12-21(27-17-19-8-3-1-4-9-19)22(16-23-29-14-7-15-30-23)28-18-20-10-5-2-6-11-20/h1-6,8-11,21-23H,7,12-18H2/t21-,22+/m0/s1. The molecule has 2 aromatic rings. The highest BCUT2D eigenvalue weighted by atomic mass is 32.2. The first-order chi connectivity index (χ1) is 14.8. The lowest BCUT2D eigenvalue weighted by Crippen LogP contribution is -2.35. The Labute approximate surface area is 187 Å². The first kappa shape index (κ1) is 23.0. The smallest absolute Gasteiger partial charge is 0.0860 e. The van der Waals surface area contributed by atoms with E-state index in [0.717, 1.165) is 17.5 Å². The Morgan fingerprint density at radius 3 is 2.03 bits per heavy atom. The fourth-order valence-corrected chi connectivity index (χ4v) is 6.30. The molecule has 0 unspecified atom stereocenters. The summed E-state index contributed by atoms with van der Waals surface area (Å²) in [6.45, 7) is 1.49. The zero-order valence-electron chi connectivity index (χ0n) is 17.1. The van der Waals surface area contributed by atoms with Gasteiger partial charge >= 0.3 is 0 Å². The average Bonchev–Trinajstić information content (AvgIpc) is 2.81. The van der Waals surface area contributed by atoms with Gasteiger partial charge in [-0.3, -0.25) is 0 Å². The van der Waals surface area contributed by atoms with E-state index in [0.29, 0.717) is 30.8 Å². The van der Waals surface area contributed by atoms with E-state index in [-0.39, 0.29) is 12.2 Å². The number of benzene rings is 2. The molecule has 0 bridgehead atoms. The highest BCUT2D eigenvalue weighted by molar-refractivity contribution is 8.17. The minimum Gasteiger partial charge on any atom is -0.371 e. The van der Waals surface area contributed by atoms with Crippen LogP contribution in [0.1, 0.15) is 30.4 Å². The molecule has 3 rings (SSSR count). The number of azide groups is 1. The summed E-state index contributed by atoms with van der Waals surface area (Å²) in [5.74, 6) is 2.41. The van der Waals surface area contributed by atoms with Gasteiger partial charge in [-0.05, 0) is 47.4 Å². The molecular formula is C23H29N3O2S2. The monoisotopic (exact) mass is 443 g/mol. The largest absolute Gasteiger partial charge is 0.371 e. The van der Waals surface area contributed by atoms with Crippen LogP contribution < -0.4 is 0 Å². The zero-order chi connectivity index (χ0) is 20.9. The van der Waals surface area contributed by atoms with Gasteiger partial charge in [0.2, 0.25) is 0 Å². The lowest BCUT2D eigenvalue weighted by atomic mass is 10.1. The van der Waals surface area contributed by atoms with Gasteiger partial charge in [-0.25, -0.2) is 0 Å². The van der Waals surface area contributed by atoms with Crippen molar-refractivity contribution >= 4 is 23.5 Å². The van der Waals surface area contributed by atoms with Gasteiger partial charge in [-0.15, -0.1) is 23.5 Å². The lowest BCUT2D eigenvalue weighted by molar-refractivity contribution is -0.0889. The van der Waals surface area contributed by atoms with Gasteiger partial charge in [0.15, 0.2) is 0 Å². The Hall–Kier alpha value is -1.63. The SMILES string of the molecule is [N-]=[N+]=NCC[C@H](OCc1ccccc1)[C@@H](CC1SCCCS1)OCc1ccccc1. The van der Waals surface area contributed by atoms with Gasteiger partial charge in [0.25, 0.3) is 0 Å². The summed E-state index contributed by atoms with van der Waals surface area (Å²) in [5.41, 5.74) is 11.0. The van der Waals surface area contributed by atoms with E-state index >= 15 is 0 Å². The number of thioether (sulfide) groups is 2. The summed E-state index contributed by atoms with van der Waals surface area (Å²) in [6.07, 6.45) is 2.68. The number of nitrogens with zero attached hydrogens (tertiary/aromatic N) is 3. The zero-order valence-corrected chi connectivity index (χ0v) is 18.8. The third-order valence-electron chi connectivity index (χ3n) is 4.93. The van der Waals surface area contributed by atoms with Crippen molar-refractivity contribution in [2.75, 3.05) is 18.1 Å². The summed E-state index contributed by atoms with van der Waals surface area (Å²) < 4.78 is 13.3. The van der Waals surface area contributed by atoms with E-state index in [9.17, 15) is 0 Å². The second-order valence-corrected chi connectivity index (χ2v) is 10.1. The van der Waals surface area contributed by atoms with Crippen LogP contribution >= 0.6 is 23.5 Å². The molecule has 7 heteroatoms. The molecule has 1 heterocycles. The summed E-state index contributed by atoms with van der Waals surface area (Å²) in [4.78, 5) is 2.91.